The van der Waals surface area contributed by atoms with E-state index in [4.69, 9.17) is 9.84 Å². The number of methoxy groups -OCH3 is 1. The second-order valence-electron chi connectivity index (χ2n) is 3.93. The Morgan fingerprint density at radius 2 is 2.11 bits per heavy atom. The van der Waals surface area contributed by atoms with E-state index < -0.39 is 5.97 Å². The molecule has 0 spiro atoms. The molecule has 18 heavy (non-hydrogen) atoms. The van der Waals surface area contributed by atoms with E-state index >= 15 is 0 Å². The molecule has 0 unspecified atom stereocenters. The van der Waals surface area contributed by atoms with Crippen LogP contribution in [0.5, 0.6) is 5.75 Å². The number of carbonyl (C=O) groups is 2. The number of Topliss-reactive ketones (excluding diaryl/α,β-unsaturated/α-hetero) is 1. The zero-order valence-corrected chi connectivity index (χ0v) is 10.5. The van der Waals surface area contributed by atoms with E-state index in [2.05, 4.69) is 5.32 Å². The number of hydrogen-bond acceptors (Lipinski definition) is 4. The fourth-order valence-electron chi connectivity index (χ4n) is 1.55. The molecule has 0 radical (unpaired) electrons. The average Bonchev–Trinajstić information content (AvgIpc) is 2.34. The van der Waals surface area contributed by atoms with Gasteiger partial charge in [0.1, 0.15) is 5.75 Å². The molecule has 0 heterocycles. The van der Waals surface area contributed by atoms with Crippen LogP contribution in [0.3, 0.4) is 0 Å². The summed E-state index contributed by atoms with van der Waals surface area (Å²) in [5, 5.41) is 11.3. The number of benzene rings is 1. The van der Waals surface area contributed by atoms with Gasteiger partial charge in [-0.15, -0.1) is 0 Å². The van der Waals surface area contributed by atoms with Crippen LogP contribution in [-0.4, -0.2) is 37.1 Å². The Labute approximate surface area is 106 Å². The standard InChI is InChI=1S/C13H17NO4/c1-9-7-10(3-4-12(9)18-2)11(15)8-14-6-5-13(16)17/h3-4,7,14H,5-6,8H2,1-2H3,(H,16,17). The van der Waals surface area contributed by atoms with Crippen LogP contribution in [0.1, 0.15) is 22.3 Å². The molecule has 0 saturated heterocycles. The molecule has 0 aliphatic heterocycles. The largest absolute Gasteiger partial charge is 0.496 e. The molecule has 0 aliphatic rings. The summed E-state index contributed by atoms with van der Waals surface area (Å²) in [5.74, 6) is -0.202. The first-order valence-electron chi connectivity index (χ1n) is 5.65. The maximum Gasteiger partial charge on any atom is 0.304 e. The maximum absolute atomic E-state index is 11.8. The number of nitrogens with one attached hydrogen (secondary N) is 1. The van der Waals surface area contributed by atoms with Crippen LogP contribution in [0.25, 0.3) is 0 Å². The van der Waals surface area contributed by atoms with Crippen LogP contribution in [-0.2, 0) is 4.79 Å². The van der Waals surface area contributed by atoms with Crippen LogP contribution in [0, 0.1) is 6.92 Å². The highest BCUT2D eigenvalue weighted by Crippen LogP contribution is 2.18. The zero-order chi connectivity index (χ0) is 13.5. The second-order valence-corrected chi connectivity index (χ2v) is 3.93. The third kappa shape index (κ3) is 4.18. The minimum absolute atomic E-state index is 0.00885. The molecule has 0 amide bonds. The number of rotatable bonds is 7. The molecule has 1 rings (SSSR count). The summed E-state index contributed by atoms with van der Waals surface area (Å²) in [6, 6.07) is 5.22. The normalized spacial score (nSPS) is 10.1. The first-order chi connectivity index (χ1) is 8.54. The number of carboxylic acid groups (broad SMARTS) is 1. The number of ketones is 1. The summed E-state index contributed by atoms with van der Waals surface area (Å²) < 4.78 is 5.11. The Bertz CT molecular complexity index is 443. The van der Waals surface area contributed by atoms with Gasteiger partial charge in [0.15, 0.2) is 5.78 Å². The topological polar surface area (TPSA) is 75.6 Å². The summed E-state index contributed by atoms with van der Waals surface area (Å²) >= 11 is 0. The SMILES string of the molecule is COc1ccc(C(=O)CNCCC(=O)O)cc1C. The van der Waals surface area contributed by atoms with Crippen LogP contribution in [0.2, 0.25) is 0 Å². The van der Waals surface area contributed by atoms with Crippen molar-refractivity contribution in [3.63, 3.8) is 0 Å². The Morgan fingerprint density at radius 3 is 2.67 bits per heavy atom. The van der Waals surface area contributed by atoms with Gasteiger partial charge < -0.3 is 15.2 Å². The van der Waals surface area contributed by atoms with E-state index in [0.29, 0.717) is 5.56 Å². The number of aryl methyl sites for hydroxylation is 1. The van der Waals surface area contributed by atoms with Crippen molar-refractivity contribution >= 4 is 11.8 Å². The van der Waals surface area contributed by atoms with Crippen molar-refractivity contribution in [1.82, 2.24) is 5.32 Å². The fourth-order valence-corrected chi connectivity index (χ4v) is 1.55. The van der Waals surface area contributed by atoms with Gasteiger partial charge >= 0.3 is 5.97 Å². The van der Waals surface area contributed by atoms with Crippen molar-refractivity contribution in [1.29, 1.82) is 0 Å². The van der Waals surface area contributed by atoms with Gasteiger partial charge in [-0.2, -0.15) is 0 Å². The third-order valence-corrected chi connectivity index (χ3v) is 2.52. The molecule has 0 fully saturated rings. The van der Waals surface area contributed by atoms with Crippen molar-refractivity contribution in [3.8, 4) is 5.75 Å². The summed E-state index contributed by atoms with van der Waals surface area (Å²) in [5.41, 5.74) is 1.49. The number of carbonyl (C=O) groups excluding carboxylic acids is 1. The fraction of sp³-hybridized carbons (Fsp3) is 0.385. The van der Waals surface area contributed by atoms with Gasteiger partial charge in [-0.1, -0.05) is 0 Å². The van der Waals surface area contributed by atoms with Gasteiger partial charge in [0.2, 0.25) is 0 Å². The lowest BCUT2D eigenvalue weighted by Gasteiger charge is -2.07. The summed E-state index contributed by atoms with van der Waals surface area (Å²) in [6.07, 6.45) is 0.00885. The summed E-state index contributed by atoms with van der Waals surface area (Å²) in [7, 11) is 1.58. The second kappa shape index (κ2) is 6.76. The van der Waals surface area contributed by atoms with Crippen molar-refractivity contribution in [2.24, 2.45) is 0 Å². The molecular formula is C13H17NO4. The average molecular weight is 251 g/mol. The molecule has 0 bridgehead atoms. The van der Waals surface area contributed by atoms with Gasteiger partial charge in [-0.05, 0) is 30.7 Å². The lowest BCUT2D eigenvalue weighted by atomic mass is 10.1. The first kappa shape index (κ1) is 14.2. The van der Waals surface area contributed by atoms with Crippen molar-refractivity contribution in [2.75, 3.05) is 20.2 Å². The number of aliphatic carboxylic acids is 1. The minimum atomic E-state index is -0.879. The molecule has 0 saturated carbocycles. The predicted molar refractivity (Wildman–Crippen MR) is 67.2 cm³/mol. The maximum atomic E-state index is 11.8. The molecule has 0 aromatic heterocycles. The van der Waals surface area contributed by atoms with E-state index in [9.17, 15) is 9.59 Å². The Kier molecular flexibility index (Phi) is 5.32. The van der Waals surface area contributed by atoms with Crippen molar-refractivity contribution < 1.29 is 19.4 Å². The third-order valence-electron chi connectivity index (χ3n) is 2.52. The van der Waals surface area contributed by atoms with Crippen molar-refractivity contribution in [2.45, 2.75) is 13.3 Å². The highest BCUT2D eigenvalue weighted by Gasteiger charge is 2.08. The van der Waals surface area contributed by atoms with Crippen LogP contribution in [0.15, 0.2) is 18.2 Å². The van der Waals surface area contributed by atoms with Crippen LogP contribution < -0.4 is 10.1 Å². The molecule has 5 nitrogen and oxygen atoms in total. The molecule has 5 heteroatoms. The van der Waals surface area contributed by atoms with Gasteiger partial charge in [-0.3, -0.25) is 9.59 Å². The molecule has 0 aliphatic carbocycles. The Hall–Kier alpha value is -1.88. The molecular weight excluding hydrogens is 234 g/mol. The first-order valence-corrected chi connectivity index (χ1v) is 5.65. The minimum Gasteiger partial charge on any atom is -0.496 e. The van der Waals surface area contributed by atoms with Crippen molar-refractivity contribution in [3.05, 3.63) is 29.3 Å². The Morgan fingerprint density at radius 1 is 1.39 bits per heavy atom. The number of ether oxygens (including phenoxy) is 1. The molecule has 0 atom stereocenters. The smallest absolute Gasteiger partial charge is 0.304 e. The predicted octanol–water partition coefficient (Wildman–Crippen LogP) is 1.25. The Balaban J connectivity index is 2.51. The molecule has 1 aromatic carbocycles. The van der Waals surface area contributed by atoms with Crippen LogP contribution in [0.4, 0.5) is 0 Å². The van der Waals surface area contributed by atoms with E-state index in [1.165, 1.54) is 0 Å². The van der Waals surface area contributed by atoms with Gasteiger partial charge in [-0.25, -0.2) is 0 Å². The monoisotopic (exact) mass is 251 g/mol. The lowest BCUT2D eigenvalue weighted by molar-refractivity contribution is -0.136. The molecule has 1 aromatic rings. The summed E-state index contributed by atoms with van der Waals surface area (Å²) in [4.78, 5) is 22.1. The van der Waals surface area contributed by atoms with E-state index in [0.717, 1.165) is 11.3 Å². The summed E-state index contributed by atoms with van der Waals surface area (Å²) in [6.45, 7) is 2.29. The van der Waals surface area contributed by atoms with E-state index in [1.807, 2.05) is 6.92 Å². The number of carboxylic acids is 1. The van der Waals surface area contributed by atoms with Gasteiger partial charge in [0.25, 0.3) is 0 Å². The van der Waals surface area contributed by atoms with Gasteiger partial charge in [0.05, 0.1) is 20.1 Å². The van der Waals surface area contributed by atoms with Gasteiger partial charge in [0, 0.05) is 12.1 Å². The van der Waals surface area contributed by atoms with E-state index in [-0.39, 0.29) is 25.3 Å². The highest BCUT2D eigenvalue weighted by molar-refractivity contribution is 5.98. The number of hydrogen-bond donors (Lipinski definition) is 2. The van der Waals surface area contributed by atoms with E-state index in [1.54, 1.807) is 25.3 Å². The molecule has 2 N–H and O–H groups in total. The zero-order valence-electron chi connectivity index (χ0n) is 10.5. The molecule has 98 valence electrons. The lowest BCUT2D eigenvalue weighted by Crippen LogP contribution is -2.25. The quantitative estimate of drug-likeness (QED) is 0.563. The highest BCUT2D eigenvalue weighted by atomic mass is 16.5. The van der Waals surface area contributed by atoms with Crippen LogP contribution >= 0.6 is 0 Å².